The molecule has 2 atom stereocenters. The minimum atomic E-state index is -4.89. The number of rotatable bonds is 8. The van der Waals surface area contributed by atoms with E-state index in [0.717, 1.165) is 16.3 Å². The van der Waals surface area contributed by atoms with Crippen LogP contribution in [0.25, 0.3) is 0 Å². The number of nitrogens with zero attached hydrogens (tertiary/aromatic N) is 6. The fraction of sp³-hybridized carbons (Fsp3) is 0.765. The normalized spacial score (nSPS) is 17.8. The van der Waals surface area contributed by atoms with Gasteiger partial charge in [-0.15, -0.1) is 0 Å². The highest BCUT2D eigenvalue weighted by molar-refractivity contribution is 14.1. The standard InChI is InChI=1S/C17H25ClF3N3O4S.C16H23ClF3N3O4S.CH3I/c1-16(2,3)28-15(25)24-8-6-10(7-9-24)17(4,21)29(26,27)12-11(14(19)20)22-23(5)13(12)18;1-16(2,3)27-15(24)23-7-5-9(6-8-23)14(20)28(25,26)11-10(13(18)19)21-22(4)12(11)17;1-2/h10,14H,6-9H2,1-5H3;9,13-14H,5-8H2,1-4H3;1H3. The van der Waals surface area contributed by atoms with E-state index in [0.29, 0.717) is 0 Å². The van der Waals surface area contributed by atoms with Gasteiger partial charge in [-0.05, 0) is 79.1 Å². The summed E-state index contributed by atoms with van der Waals surface area (Å²) in [6, 6.07) is 0. The highest BCUT2D eigenvalue weighted by Gasteiger charge is 2.52. The first-order chi connectivity index (χ1) is 26.8. The van der Waals surface area contributed by atoms with Gasteiger partial charge >= 0.3 is 12.2 Å². The molecule has 2 aromatic heterocycles. The smallest absolute Gasteiger partial charge is 0.410 e. The Labute approximate surface area is 364 Å². The van der Waals surface area contributed by atoms with Crippen molar-refractivity contribution in [1.82, 2.24) is 29.4 Å². The first-order valence-electron chi connectivity index (χ1n) is 18.0. The quantitative estimate of drug-likeness (QED) is 0.142. The van der Waals surface area contributed by atoms with E-state index in [-0.39, 0.29) is 51.9 Å². The summed E-state index contributed by atoms with van der Waals surface area (Å²) in [7, 11) is -7.28. The Morgan fingerprint density at radius 1 is 0.695 bits per heavy atom. The predicted molar refractivity (Wildman–Crippen MR) is 216 cm³/mol. The minimum absolute atomic E-state index is 0.0212. The lowest BCUT2D eigenvalue weighted by Gasteiger charge is -2.38. The molecular weight excluding hydrogens is 996 g/mol. The zero-order valence-corrected chi connectivity index (χ0v) is 39.5. The van der Waals surface area contributed by atoms with E-state index in [2.05, 4.69) is 32.8 Å². The molecule has 340 valence electrons. The lowest BCUT2D eigenvalue weighted by atomic mass is 9.92. The van der Waals surface area contributed by atoms with Crippen LogP contribution in [0.15, 0.2) is 9.79 Å². The number of carbonyl (C=O) groups excluding carboxylic acids is 2. The van der Waals surface area contributed by atoms with E-state index in [1.807, 2.05) is 4.93 Å². The average molecular weight is 1050 g/mol. The Hall–Kier alpha value is -2.25. The predicted octanol–water partition coefficient (Wildman–Crippen LogP) is 8.90. The molecule has 14 nitrogen and oxygen atoms in total. The maximum absolute atomic E-state index is 15.6. The fourth-order valence-corrected chi connectivity index (χ4v) is 10.7. The Balaban J connectivity index is 0.000000391. The Kier molecular flexibility index (Phi) is 18.2. The molecule has 2 amide bonds. The number of likely N-dealkylation sites (tertiary alicyclic amines) is 2. The molecule has 59 heavy (non-hydrogen) atoms. The number of alkyl halides is 7. The van der Waals surface area contributed by atoms with Gasteiger partial charge in [0, 0.05) is 52.1 Å². The molecule has 2 aromatic rings. The SMILES string of the molecule is CI.Cn1nc(C(F)F)c(S(=O)(=O)C(C)(F)C2CCN(C(=O)OC(C)(C)C)CC2)c1Cl.Cn1nc(C(F)F)c(S(=O)(=O)C(F)C2CCN(C(=O)OC(C)(C)C)CC2)c1Cl. The van der Waals surface area contributed by atoms with E-state index in [1.165, 1.54) is 23.9 Å². The number of piperidine rings is 2. The number of ether oxygens (including phenoxy) is 2. The summed E-state index contributed by atoms with van der Waals surface area (Å²) >= 11 is 13.8. The van der Waals surface area contributed by atoms with Crippen molar-refractivity contribution in [2.24, 2.45) is 25.9 Å². The van der Waals surface area contributed by atoms with Crippen LogP contribution in [0.3, 0.4) is 0 Å². The number of sulfone groups is 2. The Morgan fingerprint density at radius 3 is 1.39 bits per heavy atom. The zero-order valence-electron chi connectivity index (χ0n) is 34.2. The van der Waals surface area contributed by atoms with Crippen LogP contribution in [0, 0.1) is 11.8 Å². The third kappa shape index (κ3) is 12.7. The van der Waals surface area contributed by atoms with Crippen LogP contribution >= 0.6 is 45.8 Å². The number of halogens is 9. The van der Waals surface area contributed by atoms with Crippen LogP contribution in [-0.2, 0) is 43.2 Å². The van der Waals surface area contributed by atoms with Crippen molar-refractivity contribution in [3.8, 4) is 0 Å². The number of hydrogen-bond donors (Lipinski definition) is 0. The lowest BCUT2D eigenvalue weighted by molar-refractivity contribution is 0.0128. The summed E-state index contributed by atoms with van der Waals surface area (Å²) in [5.41, 5.74) is -5.97. The monoisotopic (exact) mass is 1050 g/mol. The third-order valence-electron chi connectivity index (χ3n) is 9.15. The Bertz CT molecular complexity index is 1990. The largest absolute Gasteiger partial charge is 0.444 e. The molecule has 25 heteroatoms. The molecule has 2 unspecified atom stereocenters. The molecule has 4 heterocycles. The lowest BCUT2D eigenvalue weighted by Crippen LogP contribution is -2.48. The van der Waals surface area contributed by atoms with Crippen molar-refractivity contribution in [2.75, 3.05) is 31.1 Å². The van der Waals surface area contributed by atoms with Gasteiger partial charge in [0.05, 0.1) is 0 Å². The van der Waals surface area contributed by atoms with Crippen molar-refractivity contribution in [2.45, 2.75) is 118 Å². The molecule has 2 fully saturated rings. The van der Waals surface area contributed by atoms with Crippen LogP contribution in [-0.4, -0.2) is 111 Å². The molecule has 4 rings (SSSR count). The summed E-state index contributed by atoms with van der Waals surface area (Å²) < 4.78 is 147. The van der Waals surface area contributed by atoms with Crippen molar-refractivity contribution >= 4 is 77.7 Å². The molecule has 0 spiro atoms. The molecular formula is C34H51Cl2F6IN6O8S2. The molecule has 2 saturated heterocycles. The summed E-state index contributed by atoms with van der Waals surface area (Å²) in [6.07, 6.45) is -7.47. The van der Waals surface area contributed by atoms with Crippen LogP contribution in [0.1, 0.15) is 98.4 Å². The van der Waals surface area contributed by atoms with Crippen molar-refractivity contribution in [1.29, 1.82) is 0 Å². The van der Waals surface area contributed by atoms with Gasteiger partial charge in [0.1, 0.15) is 42.7 Å². The fourth-order valence-electron chi connectivity index (χ4n) is 6.16. The summed E-state index contributed by atoms with van der Waals surface area (Å²) in [5, 5.41) is 2.80. The molecule has 0 saturated carbocycles. The van der Waals surface area contributed by atoms with Gasteiger partial charge in [0.15, 0.2) is 0 Å². The number of carbonyl (C=O) groups is 2. The van der Waals surface area contributed by atoms with Crippen molar-refractivity contribution in [3.05, 3.63) is 21.7 Å². The van der Waals surface area contributed by atoms with Crippen molar-refractivity contribution < 1.29 is 62.2 Å². The van der Waals surface area contributed by atoms with Crippen LogP contribution in [0.5, 0.6) is 0 Å². The van der Waals surface area contributed by atoms with E-state index in [4.69, 9.17) is 32.7 Å². The minimum Gasteiger partial charge on any atom is -0.444 e. The molecule has 2 aliphatic rings. The molecule has 0 aromatic carbocycles. The first kappa shape index (κ1) is 52.9. The Morgan fingerprint density at radius 2 is 1.03 bits per heavy atom. The van der Waals surface area contributed by atoms with E-state index in [1.54, 1.807) is 41.5 Å². The van der Waals surface area contributed by atoms with Gasteiger partial charge in [-0.25, -0.2) is 52.8 Å². The molecule has 2 aliphatic heterocycles. The summed E-state index contributed by atoms with van der Waals surface area (Å²) in [4.78, 5) is 26.9. The van der Waals surface area contributed by atoms with Gasteiger partial charge in [-0.2, -0.15) is 10.2 Å². The van der Waals surface area contributed by atoms with Crippen LogP contribution in [0.2, 0.25) is 10.3 Å². The summed E-state index contributed by atoms with van der Waals surface area (Å²) in [5.74, 6) is -1.99. The highest BCUT2D eigenvalue weighted by Crippen LogP contribution is 2.44. The number of hydrogen-bond acceptors (Lipinski definition) is 10. The number of amides is 2. The molecule has 0 N–H and O–H groups in total. The van der Waals surface area contributed by atoms with Gasteiger partial charge in [-0.1, -0.05) is 45.8 Å². The maximum atomic E-state index is 15.6. The third-order valence-corrected chi connectivity index (χ3v) is 14.5. The van der Waals surface area contributed by atoms with E-state index >= 15 is 4.39 Å². The van der Waals surface area contributed by atoms with Crippen LogP contribution < -0.4 is 0 Å². The molecule has 0 aliphatic carbocycles. The topological polar surface area (TPSA) is 163 Å². The second kappa shape index (κ2) is 20.3. The van der Waals surface area contributed by atoms with Crippen LogP contribution in [0.4, 0.5) is 35.9 Å². The highest BCUT2D eigenvalue weighted by atomic mass is 127. The van der Waals surface area contributed by atoms with Gasteiger partial charge < -0.3 is 19.3 Å². The maximum Gasteiger partial charge on any atom is 0.410 e. The second-order valence-corrected chi connectivity index (χ2v) is 20.7. The van der Waals surface area contributed by atoms with Gasteiger partial charge in [0.2, 0.25) is 30.2 Å². The number of aromatic nitrogens is 4. The van der Waals surface area contributed by atoms with Gasteiger partial charge in [-0.3, -0.25) is 9.36 Å². The zero-order chi connectivity index (χ0) is 45.8. The summed E-state index contributed by atoms with van der Waals surface area (Å²) in [6.45, 7) is 11.4. The van der Waals surface area contributed by atoms with E-state index in [9.17, 15) is 48.4 Å². The average Bonchev–Trinajstić information content (AvgIpc) is 3.62. The number of aryl methyl sites for hydroxylation is 2. The van der Waals surface area contributed by atoms with Crippen molar-refractivity contribution in [3.63, 3.8) is 0 Å². The first-order valence-corrected chi connectivity index (χ1v) is 24.0. The second-order valence-electron chi connectivity index (χ2n) is 15.8. The van der Waals surface area contributed by atoms with Gasteiger partial charge in [0.25, 0.3) is 12.9 Å². The molecule has 0 bridgehead atoms. The molecule has 0 radical (unpaired) electrons. The van der Waals surface area contributed by atoms with E-state index < -0.39 is 110 Å².